The lowest BCUT2D eigenvalue weighted by Gasteiger charge is -2.12. The van der Waals surface area contributed by atoms with Crippen molar-refractivity contribution in [3.63, 3.8) is 0 Å². The van der Waals surface area contributed by atoms with E-state index in [1.165, 1.54) is 0 Å². The first-order valence-corrected chi connectivity index (χ1v) is 7.39. The number of nitrogens with one attached hydrogen (secondary N) is 2. The molecule has 1 aliphatic heterocycles. The van der Waals surface area contributed by atoms with Gasteiger partial charge in [0.25, 0.3) is 0 Å². The molecule has 1 unspecified atom stereocenters. The molecule has 1 aromatic heterocycles. The lowest BCUT2D eigenvalue weighted by Crippen LogP contribution is -2.34. The second-order valence-corrected chi connectivity index (χ2v) is 5.67. The van der Waals surface area contributed by atoms with E-state index in [9.17, 15) is 9.59 Å². The largest absolute Gasteiger partial charge is 0.381 e. The molecule has 0 spiro atoms. The Hall–Kier alpha value is -1.89. The van der Waals surface area contributed by atoms with Gasteiger partial charge < -0.3 is 15.4 Å². The highest BCUT2D eigenvalue weighted by atomic mass is 16.5. The Balaban J connectivity index is 1.48. The van der Waals surface area contributed by atoms with Gasteiger partial charge in [0.1, 0.15) is 5.82 Å². The zero-order valence-corrected chi connectivity index (χ0v) is 11.9. The van der Waals surface area contributed by atoms with Crippen LogP contribution in [0.5, 0.6) is 0 Å². The van der Waals surface area contributed by atoms with Crippen LogP contribution >= 0.6 is 0 Å². The van der Waals surface area contributed by atoms with Crippen molar-refractivity contribution < 1.29 is 14.3 Å². The normalized spacial score (nSPS) is 21.2. The van der Waals surface area contributed by atoms with E-state index < -0.39 is 0 Å². The quantitative estimate of drug-likeness (QED) is 0.794. The average Bonchev–Trinajstić information content (AvgIpc) is 3.05. The number of nitrogens with zero attached hydrogens (tertiary/aromatic N) is 2. The molecule has 2 aliphatic rings. The van der Waals surface area contributed by atoms with Crippen LogP contribution < -0.4 is 10.6 Å². The second-order valence-electron chi connectivity index (χ2n) is 5.67. The number of rotatable bonds is 6. The van der Waals surface area contributed by atoms with E-state index in [4.69, 9.17) is 4.74 Å². The molecule has 0 aromatic carbocycles. The first-order valence-electron chi connectivity index (χ1n) is 7.39. The minimum atomic E-state index is -0.228. The van der Waals surface area contributed by atoms with Gasteiger partial charge in [-0.1, -0.05) is 0 Å². The summed E-state index contributed by atoms with van der Waals surface area (Å²) in [4.78, 5) is 23.3. The molecule has 7 heteroatoms. The van der Waals surface area contributed by atoms with Crippen molar-refractivity contribution in [2.24, 2.45) is 11.8 Å². The first-order chi connectivity index (χ1) is 10.2. The third-order valence-corrected chi connectivity index (χ3v) is 3.81. The predicted molar refractivity (Wildman–Crippen MR) is 75.5 cm³/mol. The van der Waals surface area contributed by atoms with E-state index in [0.29, 0.717) is 11.7 Å². The molecule has 1 aromatic rings. The van der Waals surface area contributed by atoms with Gasteiger partial charge in [-0.3, -0.25) is 9.59 Å². The molecule has 2 fully saturated rings. The number of carbonyl (C=O) groups is 2. The molecular weight excluding hydrogens is 272 g/mol. The van der Waals surface area contributed by atoms with E-state index in [1.807, 2.05) is 0 Å². The molecule has 1 saturated heterocycles. The lowest BCUT2D eigenvalue weighted by atomic mass is 10.1. The van der Waals surface area contributed by atoms with Crippen LogP contribution in [0.15, 0.2) is 12.3 Å². The number of carbonyl (C=O) groups excluding carboxylic acids is 2. The Morgan fingerprint density at radius 2 is 2.24 bits per heavy atom. The number of amides is 2. The lowest BCUT2D eigenvalue weighted by molar-refractivity contribution is -0.125. The highest BCUT2D eigenvalue weighted by Gasteiger charge is 2.29. The smallest absolute Gasteiger partial charge is 0.244 e. The van der Waals surface area contributed by atoms with Crippen LogP contribution in [0.2, 0.25) is 0 Å². The molecule has 0 bridgehead atoms. The van der Waals surface area contributed by atoms with Gasteiger partial charge in [0, 0.05) is 31.1 Å². The predicted octanol–water partition coefficient (Wildman–Crippen LogP) is 0.384. The maximum Gasteiger partial charge on any atom is 0.244 e. The van der Waals surface area contributed by atoms with E-state index in [0.717, 1.165) is 39.0 Å². The van der Waals surface area contributed by atoms with Gasteiger partial charge in [0.05, 0.1) is 19.3 Å². The molecule has 114 valence electrons. The van der Waals surface area contributed by atoms with Crippen molar-refractivity contribution in [3.8, 4) is 0 Å². The molecule has 2 heterocycles. The Morgan fingerprint density at radius 3 is 2.95 bits per heavy atom. The van der Waals surface area contributed by atoms with E-state index >= 15 is 0 Å². The molecule has 0 radical (unpaired) electrons. The van der Waals surface area contributed by atoms with Gasteiger partial charge in [-0.05, 0) is 19.3 Å². The van der Waals surface area contributed by atoms with Crippen molar-refractivity contribution in [1.82, 2.24) is 15.1 Å². The monoisotopic (exact) mass is 292 g/mol. The molecule has 1 atom stereocenters. The van der Waals surface area contributed by atoms with E-state index in [-0.39, 0.29) is 24.3 Å². The summed E-state index contributed by atoms with van der Waals surface area (Å²) in [5, 5.41) is 9.66. The van der Waals surface area contributed by atoms with E-state index in [1.54, 1.807) is 16.9 Å². The molecule has 2 amide bonds. The van der Waals surface area contributed by atoms with Crippen LogP contribution in [-0.4, -0.2) is 41.4 Å². The Kier molecular flexibility index (Phi) is 4.19. The average molecular weight is 292 g/mol. The van der Waals surface area contributed by atoms with Gasteiger partial charge in [-0.15, -0.1) is 0 Å². The summed E-state index contributed by atoms with van der Waals surface area (Å²) in [6.45, 7) is 2.27. The van der Waals surface area contributed by atoms with Crippen LogP contribution in [0.3, 0.4) is 0 Å². The van der Waals surface area contributed by atoms with Crippen LogP contribution in [-0.2, 0) is 20.9 Å². The Morgan fingerprint density at radius 1 is 1.38 bits per heavy atom. The molecule has 2 N–H and O–H groups in total. The molecule has 21 heavy (non-hydrogen) atoms. The fourth-order valence-electron chi connectivity index (χ4n) is 2.40. The minimum Gasteiger partial charge on any atom is -0.381 e. The fourth-order valence-corrected chi connectivity index (χ4v) is 2.40. The summed E-state index contributed by atoms with van der Waals surface area (Å²) in [6, 6.07) is 1.76. The molecular formula is C14H20N4O3. The highest BCUT2D eigenvalue weighted by Crippen LogP contribution is 2.28. The van der Waals surface area contributed by atoms with Crippen molar-refractivity contribution in [2.45, 2.75) is 25.8 Å². The number of aromatic nitrogens is 2. The first kappa shape index (κ1) is 14.1. The second kappa shape index (κ2) is 6.26. The van der Waals surface area contributed by atoms with Gasteiger partial charge >= 0.3 is 0 Å². The van der Waals surface area contributed by atoms with Gasteiger partial charge in [-0.2, -0.15) is 5.10 Å². The standard InChI is InChI=1S/C14H20N4O3/c19-13(7-15-14(20)11-1-2-11)17-12-3-5-16-18(12)8-10-4-6-21-9-10/h3,5,10-11H,1-2,4,6-9H2,(H,15,20)(H,17,19). The summed E-state index contributed by atoms with van der Waals surface area (Å²) >= 11 is 0. The third-order valence-electron chi connectivity index (χ3n) is 3.81. The van der Waals surface area contributed by atoms with Crippen LogP contribution in [0, 0.1) is 11.8 Å². The Bertz CT molecular complexity index is 518. The molecule has 1 saturated carbocycles. The van der Waals surface area contributed by atoms with Crippen LogP contribution in [0.1, 0.15) is 19.3 Å². The van der Waals surface area contributed by atoms with Gasteiger partial charge in [-0.25, -0.2) is 4.68 Å². The zero-order chi connectivity index (χ0) is 14.7. The summed E-state index contributed by atoms with van der Waals surface area (Å²) < 4.78 is 7.12. The van der Waals surface area contributed by atoms with Crippen molar-refractivity contribution >= 4 is 17.6 Å². The molecule has 3 rings (SSSR count). The highest BCUT2D eigenvalue weighted by molar-refractivity contribution is 5.94. The Labute approximate surface area is 123 Å². The summed E-state index contributed by atoms with van der Waals surface area (Å²) in [5.41, 5.74) is 0. The van der Waals surface area contributed by atoms with Crippen molar-refractivity contribution in [3.05, 3.63) is 12.3 Å². The zero-order valence-electron chi connectivity index (χ0n) is 11.9. The summed E-state index contributed by atoms with van der Waals surface area (Å²) in [5.74, 6) is 0.962. The third kappa shape index (κ3) is 3.81. The van der Waals surface area contributed by atoms with Crippen LogP contribution in [0.25, 0.3) is 0 Å². The van der Waals surface area contributed by atoms with Gasteiger partial charge in [0.2, 0.25) is 11.8 Å². The van der Waals surface area contributed by atoms with Crippen LogP contribution in [0.4, 0.5) is 5.82 Å². The topological polar surface area (TPSA) is 85.3 Å². The number of hydrogen-bond donors (Lipinski definition) is 2. The van der Waals surface area contributed by atoms with Gasteiger partial charge in [0.15, 0.2) is 0 Å². The molecule has 7 nitrogen and oxygen atoms in total. The molecule has 1 aliphatic carbocycles. The number of hydrogen-bond acceptors (Lipinski definition) is 4. The number of anilines is 1. The minimum absolute atomic E-state index is 0.00700. The number of ether oxygens (including phenoxy) is 1. The maximum atomic E-state index is 11.9. The van der Waals surface area contributed by atoms with Crippen molar-refractivity contribution in [2.75, 3.05) is 25.1 Å². The summed E-state index contributed by atoms with van der Waals surface area (Å²) in [6.07, 6.45) is 4.55. The maximum absolute atomic E-state index is 11.9. The SMILES string of the molecule is O=C(CNC(=O)C1CC1)Nc1ccnn1CC1CCOC1. The summed E-state index contributed by atoms with van der Waals surface area (Å²) in [7, 11) is 0. The fraction of sp³-hybridized carbons (Fsp3) is 0.643. The van der Waals surface area contributed by atoms with Crippen molar-refractivity contribution in [1.29, 1.82) is 0 Å². The van der Waals surface area contributed by atoms with E-state index in [2.05, 4.69) is 15.7 Å².